The zero-order valence-corrected chi connectivity index (χ0v) is 13.9. The molecule has 1 atom stereocenters. The van der Waals surface area contributed by atoms with Crippen LogP contribution in [0.3, 0.4) is 0 Å². The monoisotopic (exact) mass is 329 g/mol. The molecule has 0 fully saturated rings. The molecule has 24 heavy (non-hydrogen) atoms. The fourth-order valence-corrected chi connectivity index (χ4v) is 2.85. The summed E-state index contributed by atoms with van der Waals surface area (Å²) >= 11 is 0. The molecule has 1 aromatic carbocycles. The highest BCUT2D eigenvalue weighted by atomic mass is 16.5. The maximum atomic E-state index is 10.3. The molecule has 0 spiro atoms. The summed E-state index contributed by atoms with van der Waals surface area (Å²) in [6.45, 7) is 4.90. The molecule has 0 unspecified atom stereocenters. The normalized spacial score (nSPS) is 15.6. The Kier molecular flexibility index (Phi) is 5.61. The third-order valence-corrected chi connectivity index (χ3v) is 3.98. The van der Waals surface area contributed by atoms with Gasteiger partial charge >= 0.3 is 0 Å². The number of nitrogens with zero attached hydrogens (tertiary/aromatic N) is 3. The highest BCUT2D eigenvalue weighted by Gasteiger charge is 2.23. The van der Waals surface area contributed by atoms with E-state index < -0.39 is 6.10 Å². The van der Waals surface area contributed by atoms with E-state index in [1.54, 1.807) is 6.33 Å². The van der Waals surface area contributed by atoms with E-state index in [1.165, 1.54) is 0 Å². The van der Waals surface area contributed by atoms with Crippen molar-refractivity contribution in [3.8, 4) is 11.6 Å². The van der Waals surface area contributed by atoms with E-state index in [4.69, 9.17) is 9.47 Å². The first-order valence-electron chi connectivity index (χ1n) is 8.30. The average Bonchev–Trinajstić information content (AvgIpc) is 2.62. The molecule has 3 rings (SSSR count). The molecule has 128 valence electrons. The summed E-state index contributed by atoms with van der Waals surface area (Å²) in [5.41, 5.74) is 2.07. The largest absolute Gasteiger partial charge is 0.491 e. The molecule has 1 aliphatic heterocycles. The molecule has 1 aliphatic rings. The highest BCUT2D eigenvalue weighted by molar-refractivity contribution is 5.31. The molecule has 0 bridgehead atoms. The number of rotatable bonds is 7. The second-order valence-corrected chi connectivity index (χ2v) is 5.80. The highest BCUT2D eigenvalue weighted by Crippen LogP contribution is 2.24. The van der Waals surface area contributed by atoms with E-state index in [9.17, 15) is 5.11 Å². The van der Waals surface area contributed by atoms with Gasteiger partial charge in [0.15, 0.2) is 0 Å². The molecule has 6 heteroatoms. The minimum atomic E-state index is -0.549. The number of fused-ring (bicyclic) bond motifs is 1. The van der Waals surface area contributed by atoms with Crippen molar-refractivity contribution in [3.63, 3.8) is 0 Å². The third kappa shape index (κ3) is 4.21. The first kappa shape index (κ1) is 16.7. The van der Waals surface area contributed by atoms with Gasteiger partial charge in [-0.15, -0.1) is 0 Å². The number of aliphatic hydroxyl groups excluding tert-OH is 1. The van der Waals surface area contributed by atoms with Crippen LogP contribution in [-0.2, 0) is 13.0 Å². The van der Waals surface area contributed by atoms with Gasteiger partial charge in [0.25, 0.3) is 0 Å². The van der Waals surface area contributed by atoms with Crippen LogP contribution >= 0.6 is 0 Å². The summed E-state index contributed by atoms with van der Waals surface area (Å²) in [6, 6.07) is 9.54. The van der Waals surface area contributed by atoms with Crippen molar-refractivity contribution in [1.82, 2.24) is 14.9 Å². The number of hydrogen-bond acceptors (Lipinski definition) is 6. The standard InChI is InChI=1S/C18H23N3O3/c1-2-23-18-16-11-21(9-8-17(16)19-13-20-18)10-14(22)12-24-15-6-4-3-5-7-15/h3-7,13-14,22H,2,8-12H2,1H3/t14-/m0/s1. The van der Waals surface area contributed by atoms with Gasteiger partial charge in [-0.05, 0) is 19.1 Å². The van der Waals surface area contributed by atoms with Crippen molar-refractivity contribution in [3.05, 3.63) is 47.9 Å². The second kappa shape index (κ2) is 8.08. The number of ether oxygens (including phenoxy) is 2. The van der Waals surface area contributed by atoms with Gasteiger partial charge in [0, 0.05) is 31.6 Å². The van der Waals surface area contributed by atoms with Gasteiger partial charge in [-0.2, -0.15) is 0 Å². The van der Waals surface area contributed by atoms with Crippen LogP contribution in [0.1, 0.15) is 18.2 Å². The van der Waals surface area contributed by atoms with Crippen LogP contribution in [0.15, 0.2) is 36.7 Å². The van der Waals surface area contributed by atoms with Crippen LogP contribution < -0.4 is 9.47 Å². The Labute approximate surface area is 142 Å². The quantitative estimate of drug-likeness (QED) is 0.833. The number of para-hydroxylation sites is 1. The molecule has 0 aliphatic carbocycles. The first-order valence-corrected chi connectivity index (χ1v) is 8.30. The Hall–Kier alpha value is -2.18. The van der Waals surface area contributed by atoms with Crippen LogP contribution in [0, 0.1) is 0 Å². The van der Waals surface area contributed by atoms with Crippen molar-refractivity contribution >= 4 is 0 Å². The zero-order chi connectivity index (χ0) is 16.8. The smallest absolute Gasteiger partial charge is 0.221 e. The summed E-state index contributed by atoms with van der Waals surface area (Å²) in [4.78, 5) is 10.8. The van der Waals surface area contributed by atoms with Crippen molar-refractivity contribution in [2.75, 3.05) is 26.3 Å². The molecule has 2 aromatic rings. The molecule has 1 aromatic heterocycles. The molecule has 0 amide bonds. The molecule has 1 N–H and O–H groups in total. The van der Waals surface area contributed by atoms with Crippen LogP contribution in [0.4, 0.5) is 0 Å². The lowest BCUT2D eigenvalue weighted by molar-refractivity contribution is 0.0629. The van der Waals surface area contributed by atoms with E-state index in [-0.39, 0.29) is 6.61 Å². The van der Waals surface area contributed by atoms with Crippen LogP contribution in [0.25, 0.3) is 0 Å². The summed E-state index contributed by atoms with van der Waals surface area (Å²) in [5, 5.41) is 10.3. The van der Waals surface area contributed by atoms with Gasteiger partial charge in [-0.25, -0.2) is 9.97 Å². The molecule has 6 nitrogen and oxygen atoms in total. The number of aliphatic hydroxyl groups is 1. The number of benzene rings is 1. The third-order valence-electron chi connectivity index (χ3n) is 3.98. The fourth-order valence-electron chi connectivity index (χ4n) is 2.85. The summed E-state index contributed by atoms with van der Waals surface area (Å²) < 4.78 is 11.2. The minimum absolute atomic E-state index is 0.275. The predicted molar refractivity (Wildman–Crippen MR) is 90.1 cm³/mol. The SMILES string of the molecule is CCOc1ncnc2c1CN(C[C@H](O)COc1ccccc1)CC2. The van der Waals surface area contributed by atoms with Gasteiger partial charge in [-0.1, -0.05) is 18.2 Å². The molecular weight excluding hydrogens is 306 g/mol. The minimum Gasteiger partial charge on any atom is -0.491 e. The fraction of sp³-hybridized carbons (Fsp3) is 0.444. The molecule has 2 heterocycles. The Balaban J connectivity index is 1.55. The van der Waals surface area contributed by atoms with Gasteiger partial charge in [0.2, 0.25) is 5.88 Å². The predicted octanol–water partition coefficient (Wildman–Crippen LogP) is 1.67. The van der Waals surface area contributed by atoms with E-state index >= 15 is 0 Å². The van der Waals surface area contributed by atoms with Gasteiger partial charge in [0.1, 0.15) is 24.8 Å². The molecule has 0 saturated heterocycles. The van der Waals surface area contributed by atoms with Crippen molar-refractivity contribution in [1.29, 1.82) is 0 Å². The van der Waals surface area contributed by atoms with Crippen molar-refractivity contribution < 1.29 is 14.6 Å². The Morgan fingerprint density at radius 2 is 2.04 bits per heavy atom. The van der Waals surface area contributed by atoms with Crippen LogP contribution in [0.2, 0.25) is 0 Å². The summed E-state index contributed by atoms with van der Waals surface area (Å²) in [5.74, 6) is 1.43. The maximum absolute atomic E-state index is 10.3. The number of aromatic nitrogens is 2. The summed E-state index contributed by atoms with van der Waals surface area (Å²) in [6.07, 6.45) is 1.85. The van der Waals surface area contributed by atoms with E-state index in [0.717, 1.165) is 30.0 Å². The second-order valence-electron chi connectivity index (χ2n) is 5.80. The Morgan fingerprint density at radius 3 is 2.83 bits per heavy atom. The topological polar surface area (TPSA) is 67.7 Å². The molecular formula is C18H23N3O3. The zero-order valence-electron chi connectivity index (χ0n) is 13.9. The number of hydrogen-bond donors (Lipinski definition) is 1. The van der Waals surface area contributed by atoms with Crippen LogP contribution in [-0.4, -0.2) is 52.4 Å². The Morgan fingerprint density at radius 1 is 1.21 bits per heavy atom. The first-order chi connectivity index (χ1) is 11.8. The van der Waals surface area contributed by atoms with Crippen molar-refractivity contribution in [2.45, 2.75) is 26.0 Å². The van der Waals surface area contributed by atoms with Crippen LogP contribution in [0.5, 0.6) is 11.6 Å². The maximum Gasteiger partial charge on any atom is 0.221 e. The van der Waals surface area contributed by atoms with E-state index in [2.05, 4.69) is 14.9 Å². The lowest BCUT2D eigenvalue weighted by atomic mass is 10.1. The lowest BCUT2D eigenvalue weighted by Crippen LogP contribution is -2.39. The number of β-amino-alcohol motifs (C(OH)–C–C–N with tert-alkyl or cyclic N) is 1. The van der Waals surface area contributed by atoms with Gasteiger partial charge < -0.3 is 14.6 Å². The van der Waals surface area contributed by atoms with Gasteiger partial charge in [-0.3, -0.25) is 4.90 Å². The van der Waals surface area contributed by atoms with E-state index in [1.807, 2.05) is 37.3 Å². The Bertz CT molecular complexity index is 651. The van der Waals surface area contributed by atoms with Crippen molar-refractivity contribution in [2.24, 2.45) is 0 Å². The van der Waals surface area contributed by atoms with E-state index in [0.29, 0.717) is 25.6 Å². The lowest BCUT2D eigenvalue weighted by Gasteiger charge is -2.30. The average molecular weight is 329 g/mol. The molecule has 0 saturated carbocycles. The van der Waals surface area contributed by atoms with Gasteiger partial charge in [0.05, 0.1) is 12.3 Å². The molecule has 0 radical (unpaired) electrons. The summed E-state index contributed by atoms with van der Waals surface area (Å²) in [7, 11) is 0.